The monoisotopic (exact) mass is 278 g/mol. The highest BCUT2D eigenvalue weighted by atomic mass is 15.3. The minimum absolute atomic E-state index is 0.621. The highest BCUT2D eigenvalue weighted by molar-refractivity contribution is 4.95. The molecule has 0 spiro atoms. The van der Waals surface area contributed by atoms with Crippen LogP contribution in [0.3, 0.4) is 0 Å². The molecule has 1 saturated carbocycles. The van der Waals surface area contributed by atoms with Crippen molar-refractivity contribution < 1.29 is 0 Å². The fraction of sp³-hybridized carbons (Fsp3) is 0.875. The van der Waals surface area contributed by atoms with E-state index in [1.807, 2.05) is 0 Å². The standard InChI is InChI=1S/C16H30N4/c1-5-8-17-15-7-6-14(13(15)4)9-16-18-11-19-20(16)10-12(2)3/h11-15,17H,5-10H2,1-4H3. The van der Waals surface area contributed by atoms with Crippen molar-refractivity contribution in [3.05, 3.63) is 12.2 Å². The van der Waals surface area contributed by atoms with Crippen LogP contribution in [0.4, 0.5) is 0 Å². The van der Waals surface area contributed by atoms with Gasteiger partial charge in [0.2, 0.25) is 0 Å². The number of aromatic nitrogens is 3. The maximum absolute atomic E-state index is 4.49. The highest BCUT2D eigenvalue weighted by Crippen LogP contribution is 2.34. The van der Waals surface area contributed by atoms with Gasteiger partial charge in [-0.05, 0) is 43.6 Å². The predicted octanol–water partition coefficient (Wildman–Crippen LogP) is 2.89. The zero-order valence-corrected chi connectivity index (χ0v) is 13.5. The minimum atomic E-state index is 0.621. The van der Waals surface area contributed by atoms with E-state index in [-0.39, 0.29) is 0 Å². The Morgan fingerprint density at radius 2 is 2.20 bits per heavy atom. The number of rotatable bonds is 7. The molecule has 20 heavy (non-hydrogen) atoms. The van der Waals surface area contributed by atoms with Gasteiger partial charge < -0.3 is 5.32 Å². The molecule has 4 heteroatoms. The van der Waals surface area contributed by atoms with Crippen LogP contribution in [0.25, 0.3) is 0 Å². The van der Waals surface area contributed by atoms with Gasteiger partial charge in [-0.2, -0.15) is 5.10 Å². The van der Waals surface area contributed by atoms with Gasteiger partial charge in [-0.1, -0.05) is 27.7 Å². The molecule has 1 heterocycles. The lowest BCUT2D eigenvalue weighted by Gasteiger charge is -2.21. The van der Waals surface area contributed by atoms with Crippen LogP contribution >= 0.6 is 0 Å². The van der Waals surface area contributed by atoms with E-state index in [1.54, 1.807) is 6.33 Å². The molecule has 4 nitrogen and oxygen atoms in total. The quantitative estimate of drug-likeness (QED) is 0.834. The molecule has 0 aromatic carbocycles. The molecule has 1 aromatic heterocycles. The normalized spacial score (nSPS) is 26.6. The third-order valence-electron chi connectivity index (χ3n) is 4.56. The van der Waals surface area contributed by atoms with Crippen LogP contribution in [0.2, 0.25) is 0 Å². The summed E-state index contributed by atoms with van der Waals surface area (Å²) in [7, 11) is 0. The number of nitrogens with one attached hydrogen (secondary N) is 1. The molecule has 0 amide bonds. The maximum Gasteiger partial charge on any atom is 0.138 e. The van der Waals surface area contributed by atoms with E-state index < -0.39 is 0 Å². The molecular formula is C16H30N4. The second kappa shape index (κ2) is 7.21. The topological polar surface area (TPSA) is 42.7 Å². The minimum Gasteiger partial charge on any atom is -0.314 e. The van der Waals surface area contributed by atoms with Crippen LogP contribution in [0.15, 0.2) is 6.33 Å². The van der Waals surface area contributed by atoms with Crippen molar-refractivity contribution in [1.29, 1.82) is 0 Å². The Hall–Kier alpha value is -0.900. The Morgan fingerprint density at radius 3 is 2.90 bits per heavy atom. The average Bonchev–Trinajstić information content (AvgIpc) is 2.96. The molecule has 1 fully saturated rings. The first kappa shape index (κ1) is 15.5. The first-order chi connectivity index (χ1) is 9.61. The summed E-state index contributed by atoms with van der Waals surface area (Å²) in [5.74, 6) is 3.28. The van der Waals surface area contributed by atoms with E-state index in [0.717, 1.165) is 31.3 Å². The van der Waals surface area contributed by atoms with Crippen molar-refractivity contribution in [3.63, 3.8) is 0 Å². The van der Waals surface area contributed by atoms with Crippen LogP contribution in [0.1, 0.15) is 52.8 Å². The molecule has 0 bridgehead atoms. The summed E-state index contributed by atoms with van der Waals surface area (Å²) < 4.78 is 2.10. The lowest BCUT2D eigenvalue weighted by molar-refractivity contribution is 0.339. The molecule has 0 radical (unpaired) electrons. The first-order valence-electron chi connectivity index (χ1n) is 8.21. The molecular weight excluding hydrogens is 248 g/mol. The molecule has 3 unspecified atom stereocenters. The number of hydrogen-bond acceptors (Lipinski definition) is 3. The molecule has 3 atom stereocenters. The van der Waals surface area contributed by atoms with Crippen molar-refractivity contribution in [2.45, 2.75) is 66.0 Å². The smallest absolute Gasteiger partial charge is 0.138 e. The summed E-state index contributed by atoms with van der Waals surface area (Å²) >= 11 is 0. The lowest BCUT2D eigenvalue weighted by Crippen LogP contribution is -2.33. The number of hydrogen-bond donors (Lipinski definition) is 1. The average molecular weight is 278 g/mol. The fourth-order valence-corrected chi connectivity index (χ4v) is 3.33. The summed E-state index contributed by atoms with van der Waals surface area (Å²) in [5, 5.41) is 8.08. The van der Waals surface area contributed by atoms with Gasteiger partial charge in [0.05, 0.1) is 0 Å². The lowest BCUT2D eigenvalue weighted by atomic mass is 9.92. The van der Waals surface area contributed by atoms with Crippen molar-refractivity contribution in [2.75, 3.05) is 6.54 Å². The number of nitrogens with zero attached hydrogens (tertiary/aromatic N) is 3. The molecule has 2 rings (SSSR count). The van der Waals surface area contributed by atoms with Crippen molar-refractivity contribution in [1.82, 2.24) is 20.1 Å². The summed E-state index contributed by atoms with van der Waals surface area (Å²) in [6, 6.07) is 0.696. The molecule has 1 N–H and O–H groups in total. The Labute approximate surface area is 123 Å². The van der Waals surface area contributed by atoms with Gasteiger partial charge in [0.1, 0.15) is 12.2 Å². The van der Waals surface area contributed by atoms with Gasteiger partial charge in [-0.25, -0.2) is 9.67 Å². The summed E-state index contributed by atoms with van der Waals surface area (Å²) in [6.07, 6.45) is 6.64. The van der Waals surface area contributed by atoms with Gasteiger partial charge >= 0.3 is 0 Å². The van der Waals surface area contributed by atoms with E-state index in [0.29, 0.717) is 12.0 Å². The van der Waals surface area contributed by atoms with Gasteiger partial charge in [0, 0.05) is 19.0 Å². The molecule has 1 aromatic rings. The van der Waals surface area contributed by atoms with Crippen LogP contribution in [0, 0.1) is 17.8 Å². The Morgan fingerprint density at radius 1 is 1.40 bits per heavy atom. The predicted molar refractivity (Wildman–Crippen MR) is 82.5 cm³/mol. The van der Waals surface area contributed by atoms with Crippen LogP contribution in [-0.2, 0) is 13.0 Å². The van der Waals surface area contributed by atoms with E-state index in [1.165, 1.54) is 25.1 Å². The SMILES string of the molecule is CCCNC1CCC(Cc2ncnn2CC(C)C)C1C. The van der Waals surface area contributed by atoms with Crippen molar-refractivity contribution in [2.24, 2.45) is 17.8 Å². The van der Waals surface area contributed by atoms with Gasteiger partial charge in [-0.15, -0.1) is 0 Å². The van der Waals surface area contributed by atoms with Gasteiger partial charge in [-0.3, -0.25) is 0 Å². The summed E-state index contributed by atoms with van der Waals surface area (Å²) in [5.41, 5.74) is 0. The highest BCUT2D eigenvalue weighted by Gasteiger charge is 2.33. The van der Waals surface area contributed by atoms with Gasteiger partial charge in [0.25, 0.3) is 0 Å². The summed E-state index contributed by atoms with van der Waals surface area (Å²) in [6.45, 7) is 11.2. The van der Waals surface area contributed by atoms with Crippen LogP contribution in [0.5, 0.6) is 0 Å². The molecule has 0 saturated heterocycles. The van der Waals surface area contributed by atoms with Crippen molar-refractivity contribution in [3.8, 4) is 0 Å². The molecule has 0 aliphatic heterocycles. The molecule has 1 aliphatic rings. The van der Waals surface area contributed by atoms with E-state index in [4.69, 9.17) is 0 Å². The fourth-order valence-electron chi connectivity index (χ4n) is 3.33. The Bertz CT molecular complexity index is 399. The van der Waals surface area contributed by atoms with Crippen LogP contribution in [-0.4, -0.2) is 27.4 Å². The molecule has 114 valence electrons. The zero-order valence-electron chi connectivity index (χ0n) is 13.5. The maximum atomic E-state index is 4.49. The third kappa shape index (κ3) is 3.81. The van der Waals surface area contributed by atoms with Gasteiger partial charge in [0.15, 0.2) is 0 Å². The Balaban J connectivity index is 1.92. The van der Waals surface area contributed by atoms with E-state index in [2.05, 4.69) is 47.8 Å². The zero-order chi connectivity index (χ0) is 14.5. The third-order valence-corrected chi connectivity index (χ3v) is 4.56. The largest absolute Gasteiger partial charge is 0.314 e. The van der Waals surface area contributed by atoms with E-state index >= 15 is 0 Å². The first-order valence-corrected chi connectivity index (χ1v) is 8.21. The Kier molecular flexibility index (Phi) is 5.58. The van der Waals surface area contributed by atoms with Crippen LogP contribution < -0.4 is 5.32 Å². The van der Waals surface area contributed by atoms with E-state index in [9.17, 15) is 0 Å². The van der Waals surface area contributed by atoms with Crippen molar-refractivity contribution >= 4 is 0 Å². The second-order valence-electron chi connectivity index (χ2n) is 6.71. The molecule has 1 aliphatic carbocycles. The summed E-state index contributed by atoms with van der Waals surface area (Å²) in [4.78, 5) is 4.49. The second-order valence-corrected chi connectivity index (χ2v) is 6.71.